The van der Waals surface area contributed by atoms with E-state index in [0.29, 0.717) is 16.9 Å². The van der Waals surface area contributed by atoms with Crippen molar-refractivity contribution < 1.29 is 8.42 Å². The van der Waals surface area contributed by atoms with Crippen molar-refractivity contribution in [2.24, 2.45) is 0 Å². The number of hydrogen-bond donors (Lipinski definition) is 2. The fourth-order valence-corrected chi connectivity index (χ4v) is 3.61. The molecular weight excluding hydrogens is 284 g/mol. The highest BCUT2D eigenvalue weighted by Gasteiger charge is 2.18. The van der Waals surface area contributed by atoms with Crippen LogP contribution in [0.2, 0.25) is 0 Å². The first kappa shape index (κ1) is 15.4. The van der Waals surface area contributed by atoms with Crippen LogP contribution < -0.4 is 10.5 Å². The van der Waals surface area contributed by atoms with E-state index in [1.807, 2.05) is 18.2 Å². The SMILES string of the molecule is CCCc1ccccc1NS(=O)(=O)c1ccc(N)cc1C. The lowest BCUT2D eigenvalue weighted by Gasteiger charge is -2.14. The van der Waals surface area contributed by atoms with Gasteiger partial charge in [-0.25, -0.2) is 8.42 Å². The van der Waals surface area contributed by atoms with E-state index in [4.69, 9.17) is 5.73 Å². The van der Waals surface area contributed by atoms with Crippen LogP contribution in [0.3, 0.4) is 0 Å². The maximum absolute atomic E-state index is 12.5. The van der Waals surface area contributed by atoms with Crippen molar-refractivity contribution in [1.29, 1.82) is 0 Å². The molecule has 21 heavy (non-hydrogen) atoms. The number of aryl methyl sites for hydroxylation is 2. The summed E-state index contributed by atoms with van der Waals surface area (Å²) >= 11 is 0. The molecule has 112 valence electrons. The normalized spacial score (nSPS) is 11.3. The largest absolute Gasteiger partial charge is 0.399 e. The van der Waals surface area contributed by atoms with Crippen LogP contribution in [-0.4, -0.2) is 8.42 Å². The van der Waals surface area contributed by atoms with Crippen LogP contribution in [0.5, 0.6) is 0 Å². The van der Waals surface area contributed by atoms with E-state index in [1.165, 1.54) is 6.07 Å². The molecule has 0 saturated heterocycles. The zero-order chi connectivity index (χ0) is 15.5. The molecule has 0 aliphatic rings. The van der Waals surface area contributed by atoms with Crippen molar-refractivity contribution in [3.8, 4) is 0 Å². The van der Waals surface area contributed by atoms with Crippen molar-refractivity contribution >= 4 is 21.4 Å². The van der Waals surface area contributed by atoms with E-state index in [1.54, 1.807) is 25.1 Å². The summed E-state index contributed by atoms with van der Waals surface area (Å²) in [6, 6.07) is 12.3. The number of hydrogen-bond acceptors (Lipinski definition) is 3. The number of nitrogen functional groups attached to an aromatic ring is 1. The summed E-state index contributed by atoms with van der Waals surface area (Å²) in [5, 5.41) is 0. The van der Waals surface area contributed by atoms with Crippen molar-refractivity contribution in [1.82, 2.24) is 0 Å². The van der Waals surface area contributed by atoms with Gasteiger partial charge in [-0.15, -0.1) is 0 Å². The standard InChI is InChI=1S/C16H20N2O2S/c1-3-6-13-7-4-5-8-15(13)18-21(19,20)16-10-9-14(17)11-12(16)2/h4-5,7-11,18H,3,6,17H2,1-2H3. The maximum Gasteiger partial charge on any atom is 0.262 e. The van der Waals surface area contributed by atoms with Gasteiger partial charge in [0.05, 0.1) is 10.6 Å². The number of rotatable bonds is 5. The molecular formula is C16H20N2O2S. The monoisotopic (exact) mass is 304 g/mol. The summed E-state index contributed by atoms with van der Waals surface area (Å²) in [6.07, 6.45) is 1.79. The molecule has 3 N–H and O–H groups in total. The van der Waals surface area contributed by atoms with Gasteiger partial charge in [0.25, 0.3) is 10.0 Å². The second kappa shape index (κ2) is 6.18. The topological polar surface area (TPSA) is 72.2 Å². The summed E-state index contributed by atoms with van der Waals surface area (Å²) in [4.78, 5) is 0.253. The van der Waals surface area contributed by atoms with E-state index in [9.17, 15) is 8.42 Å². The van der Waals surface area contributed by atoms with Gasteiger partial charge in [0, 0.05) is 5.69 Å². The van der Waals surface area contributed by atoms with Crippen LogP contribution in [0, 0.1) is 6.92 Å². The zero-order valence-electron chi connectivity index (χ0n) is 12.3. The highest BCUT2D eigenvalue weighted by Crippen LogP contribution is 2.24. The molecule has 0 fully saturated rings. The summed E-state index contributed by atoms with van der Waals surface area (Å²) in [5.74, 6) is 0. The quantitative estimate of drug-likeness (QED) is 0.832. The Bertz CT molecular complexity index is 740. The summed E-state index contributed by atoms with van der Waals surface area (Å²) in [7, 11) is -3.61. The van der Waals surface area contributed by atoms with Gasteiger partial charge < -0.3 is 5.73 Å². The van der Waals surface area contributed by atoms with Gasteiger partial charge in [0.15, 0.2) is 0 Å². The Morgan fingerprint density at radius 1 is 1.14 bits per heavy atom. The van der Waals surface area contributed by atoms with Gasteiger partial charge >= 0.3 is 0 Å². The highest BCUT2D eigenvalue weighted by molar-refractivity contribution is 7.92. The molecule has 0 aromatic heterocycles. The van der Waals surface area contributed by atoms with Crippen molar-refractivity contribution in [2.45, 2.75) is 31.6 Å². The molecule has 2 aromatic rings. The Morgan fingerprint density at radius 2 is 1.86 bits per heavy atom. The number of nitrogens with one attached hydrogen (secondary N) is 1. The highest BCUT2D eigenvalue weighted by atomic mass is 32.2. The first-order valence-electron chi connectivity index (χ1n) is 6.91. The smallest absolute Gasteiger partial charge is 0.262 e. The zero-order valence-corrected chi connectivity index (χ0v) is 13.1. The van der Waals surface area contributed by atoms with E-state index < -0.39 is 10.0 Å². The Labute approximate surface area is 126 Å². The molecule has 0 atom stereocenters. The van der Waals surface area contributed by atoms with E-state index in [0.717, 1.165) is 18.4 Å². The summed E-state index contributed by atoms with van der Waals surface area (Å²) in [6.45, 7) is 3.80. The van der Waals surface area contributed by atoms with Gasteiger partial charge in [0.1, 0.15) is 0 Å². The van der Waals surface area contributed by atoms with Crippen LogP contribution >= 0.6 is 0 Å². The Kier molecular flexibility index (Phi) is 4.53. The minimum absolute atomic E-state index is 0.253. The maximum atomic E-state index is 12.5. The second-order valence-electron chi connectivity index (χ2n) is 5.04. The summed E-state index contributed by atoms with van der Waals surface area (Å²) in [5.41, 5.74) is 8.49. The third-order valence-corrected chi connectivity index (χ3v) is 4.80. The first-order valence-corrected chi connectivity index (χ1v) is 8.39. The molecule has 0 saturated carbocycles. The van der Waals surface area contributed by atoms with Crippen LogP contribution in [-0.2, 0) is 16.4 Å². The van der Waals surface area contributed by atoms with E-state index in [-0.39, 0.29) is 4.90 Å². The number of nitrogens with two attached hydrogens (primary N) is 1. The second-order valence-corrected chi connectivity index (χ2v) is 6.69. The average Bonchev–Trinajstić information content (AvgIpc) is 2.40. The third-order valence-electron chi connectivity index (χ3n) is 3.27. The molecule has 0 aliphatic carbocycles. The lowest BCUT2D eigenvalue weighted by molar-refractivity contribution is 0.600. The molecule has 0 amide bonds. The van der Waals surface area contributed by atoms with Crippen molar-refractivity contribution in [3.63, 3.8) is 0 Å². The molecule has 0 spiro atoms. The Balaban J connectivity index is 2.38. The molecule has 2 rings (SSSR count). The van der Waals surface area contributed by atoms with Crippen LogP contribution in [0.4, 0.5) is 11.4 Å². The number of anilines is 2. The number of para-hydroxylation sites is 1. The molecule has 4 nitrogen and oxygen atoms in total. The molecule has 2 aromatic carbocycles. The van der Waals surface area contributed by atoms with Crippen molar-refractivity contribution in [2.75, 3.05) is 10.5 Å². The molecule has 5 heteroatoms. The fraction of sp³-hybridized carbons (Fsp3) is 0.250. The van der Waals surface area contributed by atoms with Gasteiger partial charge in [-0.2, -0.15) is 0 Å². The Hall–Kier alpha value is -2.01. The molecule has 0 heterocycles. The number of sulfonamides is 1. The Morgan fingerprint density at radius 3 is 2.52 bits per heavy atom. The molecule has 0 unspecified atom stereocenters. The van der Waals surface area contributed by atoms with Gasteiger partial charge in [0.2, 0.25) is 0 Å². The van der Waals surface area contributed by atoms with Gasteiger partial charge in [-0.3, -0.25) is 4.72 Å². The van der Waals surface area contributed by atoms with Crippen LogP contribution in [0.1, 0.15) is 24.5 Å². The lowest BCUT2D eigenvalue weighted by Crippen LogP contribution is -2.15. The summed E-state index contributed by atoms with van der Waals surface area (Å²) < 4.78 is 27.8. The average molecular weight is 304 g/mol. The van der Waals surface area contributed by atoms with Crippen molar-refractivity contribution in [3.05, 3.63) is 53.6 Å². The van der Waals surface area contributed by atoms with E-state index >= 15 is 0 Å². The van der Waals surface area contributed by atoms with Crippen LogP contribution in [0.15, 0.2) is 47.4 Å². The van der Waals surface area contributed by atoms with Gasteiger partial charge in [-0.1, -0.05) is 31.5 Å². The first-order chi connectivity index (χ1) is 9.94. The molecule has 0 aliphatic heterocycles. The minimum Gasteiger partial charge on any atom is -0.399 e. The molecule has 0 radical (unpaired) electrons. The third kappa shape index (κ3) is 3.55. The van der Waals surface area contributed by atoms with E-state index in [2.05, 4.69) is 11.6 Å². The fourth-order valence-electron chi connectivity index (χ4n) is 2.28. The minimum atomic E-state index is -3.61. The number of benzene rings is 2. The lowest BCUT2D eigenvalue weighted by atomic mass is 10.1. The van der Waals surface area contributed by atoms with Crippen LogP contribution in [0.25, 0.3) is 0 Å². The predicted molar refractivity (Wildman–Crippen MR) is 86.8 cm³/mol. The van der Waals surface area contributed by atoms with Gasteiger partial charge in [-0.05, 0) is 48.7 Å². The predicted octanol–water partition coefficient (Wildman–Crippen LogP) is 3.33. The molecule has 0 bridgehead atoms.